The topological polar surface area (TPSA) is 101 Å². The van der Waals surface area contributed by atoms with Crippen LogP contribution in [-0.2, 0) is 0 Å². The summed E-state index contributed by atoms with van der Waals surface area (Å²) in [6.07, 6.45) is 3.41. The highest BCUT2D eigenvalue weighted by Crippen LogP contribution is 2.28. The fraction of sp³-hybridized carbons (Fsp3) is 0.167. The standard InChI is InChI=1S/C24H24N6O2/c1-2-32-20-8-7-17-5-3-4-6-19(17)23(20)24(31)27-16-15-26-21-9-10-22(30-29-21)28-18-11-13-25-14-12-18/h3-14H,2,15-16H2,1H3,(H,26,29)(H,27,31)(H,25,28,30). The van der Waals surface area contributed by atoms with E-state index in [9.17, 15) is 4.79 Å². The average molecular weight is 428 g/mol. The normalized spacial score (nSPS) is 10.5. The molecule has 0 aliphatic carbocycles. The Kier molecular flexibility index (Phi) is 6.72. The van der Waals surface area contributed by atoms with E-state index in [1.165, 1.54) is 0 Å². The number of benzene rings is 2. The first kappa shape index (κ1) is 21.0. The third-order valence-corrected chi connectivity index (χ3v) is 4.75. The second-order valence-electron chi connectivity index (χ2n) is 6.94. The minimum absolute atomic E-state index is 0.171. The maximum absolute atomic E-state index is 12.9. The molecule has 0 fully saturated rings. The number of hydrogen-bond acceptors (Lipinski definition) is 7. The highest BCUT2D eigenvalue weighted by atomic mass is 16.5. The monoisotopic (exact) mass is 428 g/mol. The fourth-order valence-electron chi connectivity index (χ4n) is 3.29. The van der Waals surface area contributed by atoms with Gasteiger partial charge in [-0.2, -0.15) is 0 Å². The molecule has 4 rings (SSSR count). The summed E-state index contributed by atoms with van der Waals surface area (Å²) in [5, 5.41) is 19.4. The van der Waals surface area contributed by atoms with Crippen molar-refractivity contribution in [3.05, 3.63) is 78.6 Å². The first-order chi connectivity index (χ1) is 15.7. The summed E-state index contributed by atoms with van der Waals surface area (Å²) in [6, 6.07) is 19.0. The third-order valence-electron chi connectivity index (χ3n) is 4.75. The van der Waals surface area contributed by atoms with Crippen molar-refractivity contribution in [1.29, 1.82) is 0 Å². The molecule has 0 aliphatic heterocycles. The number of carbonyl (C=O) groups excluding carboxylic acids is 1. The Morgan fingerprint density at radius 3 is 2.47 bits per heavy atom. The lowest BCUT2D eigenvalue weighted by molar-refractivity contribution is 0.0953. The Balaban J connectivity index is 1.33. The van der Waals surface area contributed by atoms with E-state index in [1.54, 1.807) is 12.4 Å². The van der Waals surface area contributed by atoms with Gasteiger partial charge in [0.05, 0.1) is 12.2 Å². The van der Waals surface area contributed by atoms with E-state index in [-0.39, 0.29) is 5.91 Å². The lowest BCUT2D eigenvalue weighted by Crippen LogP contribution is -2.29. The van der Waals surface area contributed by atoms with Crippen molar-refractivity contribution in [3.8, 4) is 5.75 Å². The minimum atomic E-state index is -0.171. The zero-order chi connectivity index (χ0) is 22.2. The number of hydrogen-bond donors (Lipinski definition) is 3. The molecule has 0 spiro atoms. The van der Waals surface area contributed by atoms with E-state index in [2.05, 4.69) is 31.1 Å². The van der Waals surface area contributed by atoms with Crippen LogP contribution in [0.5, 0.6) is 5.75 Å². The molecule has 2 aromatic heterocycles. The molecule has 2 aromatic carbocycles. The van der Waals surface area contributed by atoms with E-state index < -0.39 is 0 Å². The van der Waals surface area contributed by atoms with Gasteiger partial charge < -0.3 is 20.7 Å². The maximum Gasteiger partial charge on any atom is 0.255 e. The van der Waals surface area contributed by atoms with Gasteiger partial charge >= 0.3 is 0 Å². The van der Waals surface area contributed by atoms with Crippen LogP contribution in [0.1, 0.15) is 17.3 Å². The lowest BCUT2D eigenvalue weighted by Gasteiger charge is -2.14. The van der Waals surface area contributed by atoms with Gasteiger partial charge in [-0.15, -0.1) is 10.2 Å². The molecule has 32 heavy (non-hydrogen) atoms. The number of nitrogens with one attached hydrogen (secondary N) is 3. The van der Waals surface area contributed by atoms with Crippen LogP contribution in [0.25, 0.3) is 10.8 Å². The predicted molar refractivity (Wildman–Crippen MR) is 125 cm³/mol. The molecule has 0 bridgehead atoms. The zero-order valence-corrected chi connectivity index (χ0v) is 17.7. The SMILES string of the molecule is CCOc1ccc2ccccc2c1C(=O)NCCNc1ccc(Nc2ccncc2)nn1. The number of nitrogens with zero attached hydrogens (tertiary/aromatic N) is 3. The number of ether oxygens (including phenoxy) is 1. The summed E-state index contributed by atoms with van der Waals surface area (Å²) in [4.78, 5) is 16.9. The second-order valence-corrected chi connectivity index (χ2v) is 6.94. The van der Waals surface area contributed by atoms with Crippen molar-refractivity contribution in [2.45, 2.75) is 6.92 Å². The Labute approximate surface area is 186 Å². The predicted octanol–water partition coefficient (Wildman–Crippen LogP) is 4.01. The van der Waals surface area contributed by atoms with Gasteiger partial charge in [0.1, 0.15) is 11.6 Å². The Morgan fingerprint density at radius 1 is 0.906 bits per heavy atom. The molecule has 0 saturated carbocycles. The van der Waals surface area contributed by atoms with Crippen molar-refractivity contribution in [2.24, 2.45) is 0 Å². The van der Waals surface area contributed by atoms with E-state index in [0.717, 1.165) is 16.5 Å². The van der Waals surface area contributed by atoms with Gasteiger partial charge in [0.25, 0.3) is 5.91 Å². The first-order valence-electron chi connectivity index (χ1n) is 10.4. The summed E-state index contributed by atoms with van der Waals surface area (Å²) in [6.45, 7) is 3.32. The van der Waals surface area contributed by atoms with Crippen LogP contribution in [0.3, 0.4) is 0 Å². The van der Waals surface area contributed by atoms with E-state index in [0.29, 0.717) is 42.6 Å². The summed E-state index contributed by atoms with van der Waals surface area (Å²) < 4.78 is 5.69. The zero-order valence-electron chi connectivity index (χ0n) is 17.7. The third kappa shape index (κ3) is 5.10. The minimum Gasteiger partial charge on any atom is -0.493 e. The van der Waals surface area contributed by atoms with Crippen molar-refractivity contribution >= 4 is 34.0 Å². The number of rotatable bonds is 9. The van der Waals surface area contributed by atoms with Crippen molar-refractivity contribution < 1.29 is 9.53 Å². The summed E-state index contributed by atoms with van der Waals surface area (Å²) in [5.41, 5.74) is 1.44. The van der Waals surface area contributed by atoms with Gasteiger partial charge in [-0.05, 0) is 48.0 Å². The van der Waals surface area contributed by atoms with Crippen LogP contribution in [0.4, 0.5) is 17.3 Å². The fourth-order valence-corrected chi connectivity index (χ4v) is 3.29. The van der Waals surface area contributed by atoms with E-state index in [1.807, 2.05) is 67.6 Å². The average Bonchev–Trinajstić information content (AvgIpc) is 2.83. The molecule has 162 valence electrons. The molecule has 0 aliphatic rings. The molecule has 8 nitrogen and oxygen atoms in total. The summed E-state index contributed by atoms with van der Waals surface area (Å²) in [5.74, 6) is 1.67. The van der Waals surface area contributed by atoms with Crippen molar-refractivity contribution in [2.75, 3.05) is 30.3 Å². The largest absolute Gasteiger partial charge is 0.493 e. The first-order valence-corrected chi connectivity index (χ1v) is 10.4. The van der Waals surface area contributed by atoms with Crippen LogP contribution in [-0.4, -0.2) is 40.8 Å². The molecule has 8 heteroatoms. The lowest BCUT2D eigenvalue weighted by atomic mass is 10.0. The number of carbonyl (C=O) groups is 1. The number of anilines is 3. The Bertz CT molecular complexity index is 1180. The van der Waals surface area contributed by atoms with E-state index >= 15 is 0 Å². The van der Waals surface area contributed by atoms with E-state index in [4.69, 9.17) is 4.74 Å². The molecule has 1 amide bonds. The molecule has 2 heterocycles. The quantitative estimate of drug-likeness (QED) is 0.346. The number of pyridine rings is 1. The van der Waals surface area contributed by atoms with Gasteiger partial charge in [-0.1, -0.05) is 30.3 Å². The molecule has 0 saturated heterocycles. The van der Waals surface area contributed by atoms with Crippen molar-refractivity contribution in [3.63, 3.8) is 0 Å². The Morgan fingerprint density at radius 2 is 1.69 bits per heavy atom. The second kappa shape index (κ2) is 10.2. The molecular weight excluding hydrogens is 404 g/mol. The van der Waals surface area contributed by atoms with Gasteiger partial charge in [-0.25, -0.2) is 0 Å². The van der Waals surface area contributed by atoms with Crippen LogP contribution in [0, 0.1) is 0 Å². The van der Waals surface area contributed by atoms with Gasteiger partial charge in [-0.3, -0.25) is 9.78 Å². The number of amides is 1. The van der Waals surface area contributed by atoms with Crippen LogP contribution in [0.2, 0.25) is 0 Å². The molecule has 0 unspecified atom stereocenters. The molecular formula is C24H24N6O2. The molecule has 4 aromatic rings. The molecule has 0 radical (unpaired) electrons. The van der Waals surface area contributed by atoms with Crippen LogP contribution >= 0.6 is 0 Å². The van der Waals surface area contributed by atoms with Crippen LogP contribution < -0.4 is 20.7 Å². The number of aromatic nitrogens is 3. The van der Waals surface area contributed by atoms with Gasteiger partial charge in [0.15, 0.2) is 5.82 Å². The Hall–Kier alpha value is -4.20. The molecule has 0 atom stereocenters. The number of fused-ring (bicyclic) bond motifs is 1. The van der Waals surface area contributed by atoms with Gasteiger partial charge in [0.2, 0.25) is 0 Å². The highest BCUT2D eigenvalue weighted by Gasteiger charge is 2.16. The summed E-state index contributed by atoms with van der Waals surface area (Å²) in [7, 11) is 0. The smallest absolute Gasteiger partial charge is 0.255 e. The van der Waals surface area contributed by atoms with Gasteiger partial charge in [0, 0.05) is 31.2 Å². The van der Waals surface area contributed by atoms with Crippen molar-refractivity contribution in [1.82, 2.24) is 20.5 Å². The van der Waals surface area contributed by atoms with Crippen LogP contribution in [0.15, 0.2) is 73.1 Å². The summed E-state index contributed by atoms with van der Waals surface area (Å²) >= 11 is 0. The maximum atomic E-state index is 12.9. The highest BCUT2D eigenvalue weighted by molar-refractivity contribution is 6.09. The molecule has 3 N–H and O–H groups in total.